The van der Waals surface area contributed by atoms with Gasteiger partial charge in [-0.05, 0) is 36.8 Å². The van der Waals surface area contributed by atoms with Crippen LogP contribution in [0.2, 0.25) is 0 Å². The first-order chi connectivity index (χ1) is 11.3. The average Bonchev–Trinajstić information content (AvgIpc) is 3.34. The third kappa shape index (κ3) is 3.25. The summed E-state index contributed by atoms with van der Waals surface area (Å²) in [4.78, 5) is 25.1. The normalized spacial score (nSPS) is 27.0. The Kier molecular flexibility index (Phi) is 4.27. The van der Waals surface area contributed by atoms with E-state index in [-0.39, 0.29) is 18.0 Å². The van der Waals surface area contributed by atoms with E-state index in [1.807, 2.05) is 0 Å². The Morgan fingerprint density at radius 3 is 2.58 bits per heavy atom. The predicted octanol–water partition coefficient (Wildman–Crippen LogP) is 3.13. The van der Waals surface area contributed by atoms with Crippen molar-refractivity contribution in [3.63, 3.8) is 0 Å². The minimum atomic E-state index is -4.44. The highest BCUT2D eigenvalue weighted by atomic mass is 19.4. The number of amides is 1. The molecular weight excluding hydrogens is 323 g/mol. The molecule has 130 valence electrons. The summed E-state index contributed by atoms with van der Waals surface area (Å²) in [6.45, 7) is 0.630. The maximum absolute atomic E-state index is 13.1. The van der Waals surface area contributed by atoms with Crippen LogP contribution in [0.25, 0.3) is 0 Å². The zero-order valence-corrected chi connectivity index (χ0v) is 12.9. The van der Waals surface area contributed by atoms with Gasteiger partial charge in [-0.3, -0.25) is 9.59 Å². The molecule has 1 N–H and O–H groups in total. The van der Waals surface area contributed by atoms with Crippen molar-refractivity contribution in [2.75, 3.05) is 13.1 Å². The van der Waals surface area contributed by atoms with Crippen LogP contribution in [0.4, 0.5) is 13.2 Å². The molecule has 0 aromatic heterocycles. The predicted molar refractivity (Wildman–Crippen MR) is 79.2 cm³/mol. The number of hydrogen-bond donors (Lipinski definition) is 1. The number of benzene rings is 1. The van der Waals surface area contributed by atoms with Crippen molar-refractivity contribution in [2.45, 2.75) is 31.4 Å². The lowest BCUT2D eigenvalue weighted by molar-refractivity contribution is -0.146. The van der Waals surface area contributed by atoms with E-state index in [0.717, 1.165) is 6.07 Å². The fraction of sp³-hybridized carbons (Fsp3) is 0.529. The largest absolute Gasteiger partial charge is 0.481 e. The molecule has 0 bridgehead atoms. The summed E-state index contributed by atoms with van der Waals surface area (Å²) in [6.07, 6.45) is -2.91. The van der Waals surface area contributed by atoms with Crippen LogP contribution < -0.4 is 0 Å². The molecule has 1 amide bonds. The van der Waals surface area contributed by atoms with Gasteiger partial charge in [0.05, 0.1) is 11.5 Å². The molecule has 0 unspecified atom stereocenters. The molecule has 4 nitrogen and oxygen atoms in total. The summed E-state index contributed by atoms with van der Waals surface area (Å²) in [7, 11) is 0. The second-order valence-corrected chi connectivity index (χ2v) is 6.50. The quantitative estimate of drug-likeness (QED) is 0.919. The topological polar surface area (TPSA) is 57.6 Å². The number of likely N-dealkylation sites (tertiary alicyclic amines) is 1. The Bertz CT molecular complexity index is 659. The van der Waals surface area contributed by atoms with Crippen LogP contribution in [0.3, 0.4) is 0 Å². The molecule has 1 aromatic rings. The Morgan fingerprint density at radius 2 is 1.92 bits per heavy atom. The van der Waals surface area contributed by atoms with Crippen molar-refractivity contribution in [2.24, 2.45) is 11.8 Å². The second-order valence-electron chi connectivity index (χ2n) is 6.50. The molecule has 0 radical (unpaired) electrons. The van der Waals surface area contributed by atoms with Crippen molar-refractivity contribution < 1.29 is 27.9 Å². The lowest BCUT2D eigenvalue weighted by Crippen LogP contribution is -2.43. The fourth-order valence-electron chi connectivity index (χ4n) is 3.50. The first-order valence-corrected chi connectivity index (χ1v) is 7.96. The first-order valence-electron chi connectivity index (χ1n) is 7.96. The number of halogens is 3. The van der Waals surface area contributed by atoms with Crippen molar-refractivity contribution in [3.8, 4) is 0 Å². The highest BCUT2D eigenvalue weighted by molar-refractivity contribution is 5.84. The Morgan fingerprint density at radius 1 is 1.21 bits per heavy atom. The third-order valence-electron chi connectivity index (χ3n) is 4.86. The third-order valence-corrected chi connectivity index (χ3v) is 4.86. The summed E-state index contributed by atoms with van der Waals surface area (Å²) >= 11 is 0. The van der Waals surface area contributed by atoms with Gasteiger partial charge < -0.3 is 10.0 Å². The van der Waals surface area contributed by atoms with Gasteiger partial charge >= 0.3 is 12.1 Å². The van der Waals surface area contributed by atoms with Gasteiger partial charge in [-0.25, -0.2) is 0 Å². The van der Waals surface area contributed by atoms with Gasteiger partial charge in [0, 0.05) is 19.0 Å². The number of carbonyl (C=O) groups is 2. The van der Waals surface area contributed by atoms with Gasteiger partial charge in [0.25, 0.3) is 0 Å². The van der Waals surface area contributed by atoms with Crippen molar-refractivity contribution in [1.29, 1.82) is 0 Å². The Balaban J connectivity index is 1.72. The molecule has 1 saturated carbocycles. The van der Waals surface area contributed by atoms with Crippen LogP contribution >= 0.6 is 0 Å². The highest BCUT2D eigenvalue weighted by Crippen LogP contribution is 2.51. The monoisotopic (exact) mass is 341 g/mol. The van der Waals surface area contributed by atoms with Crippen molar-refractivity contribution in [1.82, 2.24) is 4.90 Å². The minimum Gasteiger partial charge on any atom is -0.481 e. The van der Waals surface area contributed by atoms with E-state index < -0.39 is 35.5 Å². The molecule has 3 atom stereocenters. The summed E-state index contributed by atoms with van der Waals surface area (Å²) in [5, 5.41) is 9.08. The number of hydrogen-bond acceptors (Lipinski definition) is 2. The molecule has 3 rings (SSSR count). The number of carboxylic acid groups (broad SMARTS) is 1. The van der Waals surface area contributed by atoms with Crippen LogP contribution in [-0.4, -0.2) is 35.0 Å². The van der Waals surface area contributed by atoms with E-state index in [1.165, 1.54) is 17.0 Å². The molecule has 1 aromatic carbocycles. The second kappa shape index (κ2) is 6.11. The summed E-state index contributed by atoms with van der Waals surface area (Å²) < 4.78 is 39.3. The fourth-order valence-corrected chi connectivity index (χ4v) is 3.50. The molecule has 2 fully saturated rings. The van der Waals surface area contributed by atoms with Crippen LogP contribution in [-0.2, 0) is 15.8 Å². The maximum atomic E-state index is 13.1. The van der Waals surface area contributed by atoms with E-state index >= 15 is 0 Å². The van der Waals surface area contributed by atoms with Crippen LogP contribution in [0.1, 0.15) is 36.3 Å². The number of alkyl halides is 3. The van der Waals surface area contributed by atoms with Crippen LogP contribution in [0.5, 0.6) is 0 Å². The molecule has 1 aliphatic carbocycles. The first kappa shape index (κ1) is 16.8. The number of piperidine rings is 1. The molecular formula is C17H18F3NO3. The molecule has 7 heteroatoms. The van der Waals surface area contributed by atoms with Gasteiger partial charge in [0.15, 0.2) is 0 Å². The molecule has 2 aliphatic rings. The SMILES string of the molecule is O=C(O)[C@@H]1CCCN(C(=O)[C@H]2C[C@@H]2c2ccccc2C(F)(F)F)C1. The van der Waals surface area contributed by atoms with Crippen molar-refractivity contribution >= 4 is 11.9 Å². The highest BCUT2D eigenvalue weighted by Gasteiger charge is 2.49. The lowest BCUT2D eigenvalue weighted by Gasteiger charge is -2.31. The van der Waals surface area contributed by atoms with E-state index in [9.17, 15) is 22.8 Å². The summed E-state index contributed by atoms with van der Waals surface area (Å²) in [6, 6.07) is 5.35. The zero-order chi connectivity index (χ0) is 17.5. The van der Waals surface area contributed by atoms with E-state index in [2.05, 4.69) is 0 Å². The molecule has 1 aliphatic heterocycles. The molecule has 1 saturated heterocycles. The van der Waals surface area contributed by atoms with Crippen LogP contribution in [0, 0.1) is 11.8 Å². The minimum absolute atomic E-state index is 0.151. The van der Waals surface area contributed by atoms with Gasteiger partial charge in [-0.15, -0.1) is 0 Å². The lowest BCUT2D eigenvalue weighted by atomic mass is 9.97. The number of aliphatic carboxylic acids is 1. The van der Waals surface area contributed by atoms with Crippen LogP contribution in [0.15, 0.2) is 24.3 Å². The molecule has 1 heterocycles. The number of carboxylic acids is 1. The van der Waals surface area contributed by atoms with E-state index in [1.54, 1.807) is 6.07 Å². The van der Waals surface area contributed by atoms with Crippen molar-refractivity contribution in [3.05, 3.63) is 35.4 Å². The van der Waals surface area contributed by atoms with E-state index in [4.69, 9.17) is 5.11 Å². The Labute approximate surface area is 137 Å². The number of rotatable bonds is 3. The molecule has 0 spiro atoms. The Hall–Kier alpha value is -2.05. The number of carbonyl (C=O) groups excluding carboxylic acids is 1. The van der Waals surface area contributed by atoms with Gasteiger partial charge in [-0.1, -0.05) is 18.2 Å². The van der Waals surface area contributed by atoms with E-state index in [0.29, 0.717) is 25.8 Å². The van der Waals surface area contributed by atoms with Gasteiger partial charge in [-0.2, -0.15) is 13.2 Å². The summed E-state index contributed by atoms with van der Waals surface area (Å²) in [5.74, 6) is -2.63. The average molecular weight is 341 g/mol. The summed E-state index contributed by atoms with van der Waals surface area (Å²) in [5.41, 5.74) is -0.525. The van der Waals surface area contributed by atoms with Gasteiger partial charge in [0.2, 0.25) is 5.91 Å². The smallest absolute Gasteiger partial charge is 0.416 e. The molecule has 24 heavy (non-hydrogen) atoms. The maximum Gasteiger partial charge on any atom is 0.416 e. The number of nitrogens with zero attached hydrogens (tertiary/aromatic N) is 1. The zero-order valence-electron chi connectivity index (χ0n) is 12.9. The standard InChI is InChI=1S/C17H18F3NO3/c18-17(19,20)14-6-2-1-5-11(14)12-8-13(12)15(22)21-7-3-4-10(9-21)16(23)24/h1-2,5-6,10,12-13H,3-4,7-9H2,(H,23,24)/t10-,12-,13+/m1/s1. The van der Waals surface area contributed by atoms with Gasteiger partial charge in [0.1, 0.15) is 0 Å².